The van der Waals surface area contributed by atoms with E-state index in [-0.39, 0.29) is 5.82 Å². The van der Waals surface area contributed by atoms with Crippen LogP contribution in [0, 0.1) is 5.82 Å². The van der Waals surface area contributed by atoms with Crippen LogP contribution in [0.4, 0.5) is 4.39 Å². The molecule has 2 aromatic rings. The van der Waals surface area contributed by atoms with E-state index in [1.807, 2.05) is 23.9 Å². The highest BCUT2D eigenvalue weighted by Crippen LogP contribution is 2.39. The standard InChI is InChI=1S/C17H17FO2S/c1-11(19)15-8-13(18)6-7-16(15)20-9-12-10-21-17-5-3-2-4-14(12)17/h2-8,11-12,19H,9-10H2,1H3/t11-,12?/m0/s1. The Bertz CT molecular complexity index is 642. The van der Waals surface area contributed by atoms with Gasteiger partial charge in [-0.05, 0) is 36.8 Å². The summed E-state index contributed by atoms with van der Waals surface area (Å²) in [5, 5.41) is 9.73. The van der Waals surface area contributed by atoms with Gasteiger partial charge in [-0.3, -0.25) is 0 Å². The molecule has 2 nitrogen and oxygen atoms in total. The van der Waals surface area contributed by atoms with Crippen molar-refractivity contribution in [2.45, 2.75) is 23.8 Å². The van der Waals surface area contributed by atoms with Gasteiger partial charge in [-0.2, -0.15) is 0 Å². The number of aliphatic hydroxyl groups is 1. The molecule has 2 aromatic carbocycles. The molecule has 0 saturated carbocycles. The van der Waals surface area contributed by atoms with Gasteiger partial charge in [-0.1, -0.05) is 18.2 Å². The summed E-state index contributed by atoms with van der Waals surface area (Å²) in [4.78, 5) is 1.31. The minimum atomic E-state index is -0.749. The highest BCUT2D eigenvalue weighted by molar-refractivity contribution is 7.99. The zero-order valence-corrected chi connectivity index (χ0v) is 12.6. The Morgan fingerprint density at radius 3 is 2.95 bits per heavy atom. The smallest absolute Gasteiger partial charge is 0.125 e. The largest absolute Gasteiger partial charge is 0.493 e. The maximum atomic E-state index is 13.3. The summed E-state index contributed by atoms with van der Waals surface area (Å²) in [6.45, 7) is 2.15. The van der Waals surface area contributed by atoms with E-state index in [4.69, 9.17) is 4.74 Å². The molecule has 1 aliphatic heterocycles. The molecule has 0 radical (unpaired) electrons. The molecular formula is C17H17FO2S. The fourth-order valence-corrected chi connectivity index (χ4v) is 3.77. The quantitative estimate of drug-likeness (QED) is 0.920. The van der Waals surface area contributed by atoms with Gasteiger partial charge in [0.05, 0.1) is 12.7 Å². The number of hydrogen-bond acceptors (Lipinski definition) is 3. The van der Waals surface area contributed by atoms with E-state index >= 15 is 0 Å². The lowest BCUT2D eigenvalue weighted by Gasteiger charge is -2.16. The van der Waals surface area contributed by atoms with Crippen molar-refractivity contribution in [3.8, 4) is 5.75 Å². The molecule has 21 heavy (non-hydrogen) atoms. The number of fused-ring (bicyclic) bond motifs is 1. The molecule has 0 fully saturated rings. The highest BCUT2D eigenvalue weighted by atomic mass is 32.2. The summed E-state index contributed by atoms with van der Waals surface area (Å²) in [6.07, 6.45) is -0.749. The molecule has 2 atom stereocenters. The summed E-state index contributed by atoms with van der Waals surface area (Å²) in [5.41, 5.74) is 1.80. The Morgan fingerprint density at radius 1 is 1.33 bits per heavy atom. The maximum Gasteiger partial charge on any atom is 0.125 e. The SMILES string of the molecule is C[C@H](O)c1cc(F)ccc1OCC1CSc2ccccc21. The number of rotatable bonds is 4. The van der Waals surface area contributed by atoms with E-state index in [1.54, 1.807) is 13.0 Å². The fourth-order valence-electron chi connectivity index (χ4n) is 2.53. The average Bonchev–Trinajstić information content (AvgIpc) is 2.89. The molecule has 3 rings (SSSR count). The molecule has 1 aliphatic rings. The lowest BCUT2D eigenvalue weighted by atomic mass is 10.0. The molecular weight excluding hydrogens is 287 g/mol. The van der Waals surface area contributed by atoms with Crippen LogP contribution in [0.15, 0.2) is 47.4 Å². The Morgan fingerprint density at radius 2 is 2.14 bits per heavy atom. The first-order chi connectivity index (χ1) is 10.1. The summed E-state index contributed by atoms with van der Waals surface area (Å²) >= 11 is 1.83. The summed E-state index contributed by atoms with van der Waals surface area (Å²) in [6, 6.07) is 12.6. The van der Waals surface area contributed by atoms with Gasteiger partial charge in [0.15, 0.2) is 0 Å². The van der Waals surface area contributed by atoms with Crippen LogP contribution in [0.25, 0.3) is 0 Å². The number of aliphatic hydroxyl groups excluding tert-OH is 1. The summed E-state index contributed by atoms with van der Waals surface area (Å²) in [7, 11) is 0. The third-order valence-electron chi connectivity index (χ3n) is 3.66. The molecule has 0 saturated heterocycles. The van der Waals surface area contributed by atoms with Crippen LogP contribution in [0.2, 0.25) is 0 Å². The van der Waals surface area contributed by atoms with E-state index in [2.05, 4.69) is 12.1 Å². The van der Waals surface area contributed by atoms with E-state index in [0.29, 0.717) is 23.8 Å². The lowest BCUT2D eigenvalue weighted by Crippen LogP contribution is -2.11. The van der Waals surface area contributed by atoms with Crippen molar-refractivity contribution in [2.24, 2.45) is 0 Å². The Kier molecular flexibility index (Phi) is 4.17. The van der Waals surface area contributed by atoms with Gasteiger partial charge in [0, 0.05) is 22.1 Å². The van der Waals surface area contributed by atoms with Gasteiger partial charge in [-0.25, -0.2) is 4.39 Å². The van der Waals surface area contributed by atoms with Crippen molar-refractivity contribution < 1.29 is 14.2 Å². The monoisotopic (exact) mass is 304 g/mol. The third-order valence-corrected chi connectivity index (χ3v) is 4.91. The van der Waals surface area contributed by atoms with E-state index in [0.717, 1.165) is 5.75 Å². The van der Waals surface area contributed by atoms with Gasteiger partial charge in [-0.15, -0.1) is 11.8 Å². The second kappa shape index (κ2) is 6.08. The second-order valence-corrected chi connectivity index (χ2v) is 6.28. The Balaban J connectivity index is 1.75. The van der Waals surface area contributed by atoms with Crippen LogP contribution in [-0.2, 0) is 0 Å². The third kappa shape index (κ3) is 3.06. The predicted octanol–water partition coefficient (Wildman–Crippen LogP) is 4.15. The predicted molar refractivity (Wildman–Crippen MR) is 82.4 cm³/mol. The molecule has 0 bridgehead atoms. The van der Waals surface area contributed by atoms with E-state index < -0.39 is 6.10 Å². The van der Waals surface area contributed by atoms with Crippen LogP contribution in [0.3, 0.4) is 0 Å². The topological polar surface area (TPSA) is 29.5 Å². The summed E-state index contributed by atoms with van der Waals surface area (Å²) in [5.74, 6) is 1.52. The van der Waals surface area contributed by atoms with Crippen LogP contribution >= 0.6 is 11.8 Å². The fraction of sp³-hybridized carbons (Fsp3) is 0.294. The van der Waals surface area contributed by atoms with Gasteiger partial charge in [0.25, 0.3) is 0 Å². The van der Waals surface area contributed by atoms with Gasteiger partial charge in [0.1, 0.15) is 11.6 Å². The second-order valence-electron chi connectivity index (χ2n) is 5.21. The molecule has 110 valence electrons. The molecule has 1 N–H and O–H groups in total. The summed E-state index contributed by atoms with van der Waals surface area (Å²) < 4.78 is 19.1. The molecule has 0 aromatic heterocycles. The number of halogens is 1. The number of benzene rings is 2. The highest BCUT2D eigenvalue weighted by Gasteiger charge is 2.23. The van der Waals surface area contributed by atoms with Gasteiger partial charge >= 0.3 is 0 Å². The Labute approximate surface area is 128 Å². The molecule has 1 heterocycles. The van der Waals surface area contributed by atoms with Gasteiger partial charge < -0.3 is 9.84 Å². The Hall–Kier alpha value is -1.52. The van der Waals surface area contributed by atoms with Gasteiger partial charge in [0.2, 0.25) is 0 Å². The molecule has 0 spiro atoms. The number of hydrogen-bond donors (Lipinski definition) is 1. The zero-order chi connectivity index (χ0) is 14.8. The van der Waals surface area contributed by atoms with Crippen molar-refractivity contribution in [2.75, 3.05) is 12.4 Å². The minimum Gasteiger partial charge on any atom is -0.493 e. The van der Waals surface area contributed by atoms with Crippen molar-refractivity contribution >= 4 is 11.8 Å². The number of thioether (sulfide) groups is 1. The van der Waals surface area contributed by atoms with Crippen LogP contribution in [-0.4, -0.2) is 17.5 Å². The van der Waals surface area contributed by atoms with Crippen molar-refractivity contribution in [3.05, 3.63) is 59.4 Å². The van der Waals surface area contributed by atoms with Crippen LogP contribution in [0.1, 0.15) is 30.1 Å². The van der Waals surface area contributed by atoms with E-state index in [9.17, 15) is 9.50 Å². The maximum absolute atomic E-state index is 13.3. The first-order valence-electron chi connectivity index (χ1n) is 6.97. The molecule has 0 amide bonds. The van der Waals surface area contributed by atoms with Crippen molar-refractivity contribution in [3.63, 3.8) is 0 Å². The van der Waals surface area contributed by atoms with Crippen molar-refractivity contribution in [1.29, 1.82) is 0 Å². The van der Waals surface area contributed by atoms with Crippen LogP contribution < -0.4 is 4.74 Å². The van der Waals surface area contributed by atoms with Crippen LogP contribution in [0.5, 0.6) is 5.75 Å². The molecule has 0 aliphatic carbocycles. The average molecular weight is 304 g/mol. The minimum absolute atomic E-state index is 0.332. The van der Waals surface area contributed by atoms with Crippen molar-refractivity contribution in [1.82, 2.24) is 0 Å². The molecule has 4 heteroatoms. The number of ether oxygens (including phenoxy) is 1. The lowest BCUT2D eigenvalue weighted by molar-refractivity contribution is 0.189. The molecule has 1 unspecified atom stereocenters. The first-order valence-corrected chi connectivity index (χ1v) is 7.95. The first kappa shape index (κ1) is 14.4. The zero-order valence-electron chi connectivity index (χ0n) is 11.8. The normalized spacial score (nSPS) is 18.3. The van der Waals surface area contributed by atoms with E-state index in [1.165, 1.54) is 22.6 Å².